The zero-order valence-corrected chi connectivity index (χ0v) is 13.9. The van der Waals surface area contributed by atoms with Crippen molar-refractivity contribution in [2.75, 3.05) is 19.6 Å². The smallest absolute Gasteiger partial charge is 0.245 e. The lowest BCUT2D eigenvalue weighted by Gasteiger charge is -2.53. The highest BCUT2D eigenvalue weighted by atomic mass is 16.2. The van der Waals surface area contributed by atoms with Crippen molar-refractivity contribution >= 4 is 5.91 Å². The molecule has 1 unspecified atom stereocenters. The first-order chi connectivity index (χ1) is 10.0. The number of nitrogens with one attached hydrogen (secondary N) is 2. The zero-order valence-electron chi connectivity index (χ0n) is 13.9. The van der Waals surface area contributed by atoms with Crippen LogP contribution in [0.15, 0.2) is 12.3 Å². The number of nitrogens with zero attached hydrogens (tertiary/aromatic N) is 1. The lowest BCUT2D eigenvalue weighted by Crippen LogP contribution is -2.68. The molecule has 2 saturated heterocycles. The van der Waals surface area contributed by atoms with Crippen molar-refractivity contribution in [3.8, 4) is 0 Å². The van der Waals surface area contributed by atoms with Crippen LogP contribution in [0.5, 0.6) is 0 Å². The number of carbonyl (C=O) groups is 1. The van der Waals surface area contributed by atoms with Gasteiger partial charge in [0.15, 0.2) is 0 Å². The van der Waals surface area contributed by atoms with Gasteiger partial charge in [0.2, 0.25) is 5.91 Å². The third kappa shape index (κ3) is 3.25. The normalized spacial score (nSPS) is 25.5. The summed E-state index contributed by atoms with van der Waals surface area (Å²) in [4.78, 5) is 15.1. The van der Waals surface area contributed by atoms with Gasteiger partial charge in [-0.05, 0) is 44.7 Å². The number of amides is 1. The Morgan fingerprint density at radius 2 is 2.05 bits per heavy atom. The fourth-order valence-electron chi connectivity index (χ4n) is 3.65. The Morgan fingerprint density at radius 3 is 2.62 bits per heavy atom. The van der Waals surface area contributed by atoms with Crippen molar-refractivity contribution in [1.29, 1.82) is 0 Å². The van der Waals surface area contributed by atoms with Gasteiger partial charge in [-0.25, -0.2) is 0 Å². The second kappa shape index (κ2) is 6.82. The highest BCUT2D eigenvalue weighted by Crippen LogP contribution is 2.36. The van der Waals surface area contributed by atoms with Crippen molar-refractivity contribution in [3.63, 3.8) is 0 Å². The minimum atomic E-state index is -0.162. The molecule has 4 nitrogen and oxygen atoms in total. The summed E-state index contributed by atoms with van der Waals surface area (Å²) < 4.78 is 0. The molecule has 0 aromatic rings. The van der Waals surface area contributed by atoms with Crippen LogP contribution in [0.4, 0.5) is 0 Å². The van der Waals surface area contributed by atoms with Crippen molar-refractivity contribution < 1.29 is 4.79 Å². The lowest BCUT2D eigenvalue weighted by atomic mass is 9.79. The summed E-state index contributed by atoms with van der Waals surface area (Å²) in [6.07, 6.45) is 5.02. The van der Waals surface area contributed by atoms with E-state index in [0.29, 0.717) is 5.92 Å². The van der Waals surface area contributed by atoms with Crippen molar-refractivity contribution in [2.24, 2.45) is 5.92 Å². The number of piperidine rings is 1. The SMILES string of the molecule is C=C1NC(CC(C)C)C(=O)N(CCCC)C12CCNCC2. The zero-order chi connectivity index (χ0) is 15.5. The summed E-state index contributed by atoms with van der Waals surface area (Å²) >= 11 is 0. The second-order valence-corrected chi connectivity index (χ2v) is 6.93. The van der Waals surface area contributed by atoms with Gasteiger partial charge in [0, 0.05) is 12.2 Å². The summed E-state index contributed by atoms with van der Waals surface area (Å²) in [6, 6.07) is -0.0881. The summed E-state index contributed by atoms with van der Waals surface area (Å²) in [5, 5.41) is 6.86. The Morgan fingerprint density at radius 1 is 1.38 bits per heavy atom. The van der Waals surface area contributed by atoms with Gasteiger partial charge in [-0.2, -0.15) is 0 Å². The Bertz CT molecular complexity index is 385. The van der Waals surface area contributed by atoms with Gasteiger partial charge >= 0.3 is 0 Å². The Hall–Kier alpha value is -1.03. The van der Waals surface area contributed by atoms with E-state index in [2.05, 4.69) is 42.9 Å². The first kappa shape index (κ1) is 16.3. The largest absolute Gasteiger partial charge is 0.376 e. The molecule has 1 atom stereocenters. The van der Waals surface area contributed by atoms with E-state index in [1.165, 1.54) is 0 Å². The van der Waals surface area contributed by atoms with Crippen LogP contribution in [-0.4, -0.2) is 42.0 Å². The molecule has 0 bridgehead atoms. The number of carbonyl (C=O) groups excluding carboxylic acids is 1. The molecule has 2 aliphatic rings. The molecule has 21 heavy (non-hydrogen) atoms. The molecule has 2 rings (SSSR count). The molecule has 1 spiro atoms. The van der Waals surface area contributed by atoms with E-state index in [1.807, 2.05) is 0 Å². The van der Waals surface area contributed by atoms with Gasteiger partial charge in [0.25, 0.3) is 0 Å². The molecule has 1 amide bonds. The van der Waals surface area contributed by atoms with E-state index in [4.69, 9.17) is 0 Å². The standard InChI is InChI=1S/C17H31N3O/c1-5-6-11-20-16(21)15(12-13(2)3)19-14(4)17(20)7-9-18-10-8-17/h13,15,18-19H,4-12H2,1-3H3. The summed E-state index contributed by atoms with van der Waals surface area (Å²) in [6.45, 7) is 13.6. The number of hydrogen-bond donors (Lipinski definition) is 2. The van der Waals surface area contributed by atoms with E-state index >= 15 is 0 Å². The molecule has 0 aliphatic carbocycles. The van der Waals surface area contributed by atoms with Crippen LogP contribution >= 0.6 is 0 Å². The first-order valence-electron chi connectivity index (χ1n) is 8.49. The van der Waals surface area contributed by atoms with E-state index < -0.39 is 0 Å². The molecule has 4 heteroatoms. The van der Waals surface area contributed by atoms with Gasteiger partial charge in [0.05, 0.1) is 5.54 Å². The maximum Gasteiger partial charge on any atom is 0.245 e. The third-order valence-electron chi connectivity index (χ3n) is 4.86. The molecule has 0 radical (unpaired) electrons. The molecule has 2 aliphatic heterocycles. The van der Waals surface area contributed by atoms with Gasteiger partial charge in [-0.1, -0.05) is 33.8 Å². The van der Waals surface area contributed by atoms with Gasteiger partial charge < -0.3 is 15.5 Å². The molecule has 2 N–H and O–H groups in total. The fourth-order valence-corrected chi connectivity index (χ4v) is 3.65. The lowest BCUT2D eigenvalue weighted by molar-refractivity contribution is -0.143. The van der Waals surface area contributed by atoms with E-state index in [9.17, 15) is 4.79 Å². The van der Waals surface area contributed by atoms with Crippen LogP contribution in [0.3, 0.4) is 0 Å². The number of piperazine rings is 1. The molecule has 2 heterocycles. The van der Waals surface area contributed by atoms with Gasteiger partial charge in [-0.3, -0.25) is 4.79 Å². The summed E-state index contributed by atoms with van der Waals surface area (Å²) in [5.41, 5.74) is 0.899. The number of rotatable bonds is 5. The highest BCUT2D eigenvalue weighted by molar-refractivity contribution is 5.85. The average molecular weight is 293 g/mol. The van der Waals surface area contributed by atoms with Crippen LogP contribution < -0.4 is 10.6 Å². The van der Waals surface area contributed by atoms with Gasteiger partial charge in [0.1, 0.15) is 6.04 Å². The number of unbranched alkanes of at least 4 members (excludes halogenated alkanes) is 1. The molecule has 0 aromatic heterocycles. The van der Waals surface area contributed by atoms with Crippen LogP contribution in [0.25, 0.3) is 0 Å². The van der Waals surface area contributed by atoms with Gasteiger partial charge in [-0.15, -0.1) is 0 Å². The van der Waals surface area contributed by atoms with Crippen LogP contribution in [0.2, 0.25) is 0 Å². The Labute approximate surface area is 129 Å². The molecule has 120 valence electrons. The van der Waals surface area contributed by atoms with Crippen molar-refractivity contribution in [1.82, 2.24) is 15.5 Å². The molecular weight excluding hydrogens is 262 g/mol. The summed E-state index contributed by atoms with van der Waals surface area (Å²) in [5.74, 6) is 0.792. The minimum Gasteiger partial charge on any atom is -0.376 e. The predicted octanol–water partition coefficient (Wildman–Crippen LogP) is 2.27. The Kier molecular flexibility index (Phi) is 5.31. The van der Waals surface area contributed by atoms with E-state index in [0.717, 1.165) is 57.4 Å². The van der Waals surface area contributed by atoms with E-state index in [-0.39, 0.29) is 17.5 Å². The average Bonchev–Trinajstić information content (AvgIpc) is 2.45. The van der Waals surface area contributed by atoms with Crippen LogP contribution in [0, 0.1) is 5.92 Å². The van der Waals surface area contributed by atoms with Crippen LogP contribution in [-0.2, 0) is 4.79 Å². The molecule has 2 fully saturated rings. The fraction of sp³-hybridized carbons (Fsp3) is 0.824. The highest BCUT2D eigenvalue weighted by Gasteiger charge is 2.48. The van der Waals surface area contributed by atoms with Crippen LogP contribution in [0.1, 0.15) is 52.9 Å². The maximum absolute atomic E-state index is 13.0. The predicted molar refractivity (Wildman–Crippen MR) is 87.0 cm³/mol. The molecule has 0 saturated carbocycles. The van der Waals surface area contributed by atoms with Crippen molar-refractivity contribution in [3.05, 3.63) is 12.3 Å². The molecular formula is C17H31N3O. The third-order valence-corrected chi connectivity index (χ3v) is 4.86. The van der Waals surface area contributed by atoms with Crippen molar-refractivity contribution in [2.45, 2.75) is 64.5 Å². The maximum atomic E-state index is 13.0. The summed E-state index contributed by atoms with van der Waals surface area (Å²) in [7, 11) is 0. The topological polar surface area (TPSA) is 44.4 Å². The second-order valence-electron chi connectivity index (χ2n) is 6.93. The quantitative estimate of drug-likeness (QED) is 0.817. The Balaban J connectivity index is 2.23. The first-order valence-corrected chi connectivity index (χ1v) is 8.49. The van der Waals surface area contributed by atoms with E-state index in [1.54, 1.807) is 0 Å². The minimum absolute atomic E-state index is 0.0881. The monoisotopic (exact) mass is 293 g/mol. The number of hydrogen-bond acceptors (Lipinski definition) is 3. The molecule has 0 aromatic carbocycles.